The van der Waals surface area contributed by atoms with Crippen molar-refractivity contribution in [1.29, 1.82) is 0 Å². The number of nitrogens with zero attached hydrogens (tertiary/aromatic N) is 9. The molecule has 0 bridgehead atoms. The molecule has 2 amide bonds. The number of piperazine rings is 1. The molecule has 5 aromatic rings. The van der Waals surface area contributed by atoms with Gasteiger partial charge in [0, 0.05) is 82.2 Å². The van der Waals surface area contributed by atoms with Crippen LogP contribution in [0.25, 0.3) is 21.6 Å². The molecule has 4 aliphatic rings. The molecule has 0 radical (unpaired) electrons. The summed E-state index contributed by atoms with van der Waals surface area (Å²) in [5.41, 5.74) is 11.7. The summed E-state index contributed by atoms with van der Waals surface area (Å²) >= 11 is 1.70. The molecule has 0 saturated carbocycles. The number of nitrogen functional groups attached to an aromatic ring is 1. The number of amides is 2. The highest BCUT2D eigenvalue weighted by atomic mass is 32.1. The minimum atomic E-state index is -0.236. The smallest absolute Gasteiger partial charge is 0.258 e. The number of piperidine rings is 1. The van der Waals surface area contributed by atoms with Crippen LogP contribution in [0.4, 0.5) is 11.8 Å². The molecule has 0 aliphatic carbocycles. The Balaban J connectivity index is 0.765. The SMILES string of the molecule is CC(C)c1cc(C(=O)N2Cc3ccc(CN4CCC(CN5CCN(Cc6cc7nc(-c8cnc(N)nc8)nc(N8CCOCC8)c7s6)CC5=O)CC4)cc3C2)c(O)cc1O. The van der Waals surface area contributed by atoms with Crippen LogP contribution in [0, 0.1) is 5.92 Å². The van der Waals surface area contributed by atoms with Crippen LogP contribution in [0.15, 0.2) is 48.8 Å². The highest BCUT2D eigenvalue weighted by Gasteiger charge is 2.31. The maximum atomic E-state index is 13.5. The standard InChI is InChI=1S/C44H52N10O5S/c1-27(2)34-17-35(38(56)18-37(34)55)43(58)54-23-30-4-3-29(15-31(30)24-54)21-50-7-5-28(6-8-50)22-53-10-9-51(26-39(53)57)25-33-16-36-40(60-33)42(52-11-13-59-14-12-52)49-41(48-36)32-19-46-44(45)47-20-32/h3-4,15-20,27-28,55-56H,5-14,21-26H2,1-2H3,(H2,45,46,47). The average Bonchev–Trinajstić information content (AvgIpc) is 3.86. The van der Waals surface area contributed by atoms with E-state index in [9.17, 15) is 19.8 Å². The zero-order valence-corrected chi connectivity index (χ0v) is 35.0. The lowest BCUT2D eigenvalue weighted by Crippen LogP contribution is -2.51. The summed E-state index contributed by atoms with van der Waals surface area (Å²) in [5, 5.41) is 20.8. The van der Waals surface area contributed by atoms with Crippen LogP contribution in [0.5, 0.6) is 11.5 Å². The highest BCUT2D eigenvalue weighted by molar-refractivity contribution is 7.19. The number of nitrogens with two attached hydrogens (primary N) is 1. The molecule has 3 aromatic heterocycles. The molecule has 2 aromatic carbocycles. The molecule has 15 nitrogen and oxygen atoms in total. The van der Waals surface area contributed by atoms with E-state index in [1.54, 1.807) is 34.7 Å². The summed E-state index contributed by atoms with van der Waals surface area (Å²) in [7, 11) is 0. The average molecular weight is 833 g/mol. The number of hydrogen-bond acceptors (Lipinski definition) is 14. The molecular weight excluding hydrogens is 781 g/mol. The summed E-state index contributed by atoms with van der Waals surface area (Å²) in [4.78, 5) is 57.1. The van der Waals surface area contributed by atoms with Crippen molar-refractivity contribution in [3.63, 3.8) is 0 Å². The van der Waals surface area contributed by atoms with E-state index in [1.807, 2.05) is 13.8 Å². The monoisotopic (exact) mass is 832 g/mol. The van der Waals surface area contributed by atoms with E-state index < -0.39 is 0 Å². The third-order valence-electron chi connectivity index (χ3n) is 12.3. The lowest BCUT2D eigenvalue weighted by molar-refractivity contribution is -0.137. The van der Waals surface area contributed by atoms with E-state index in [1.165, 1.54) is 11.6 Å². The Morgan fingerprint density at radius 3 is 2.40 bits per heavy atom. The lowest BCUT2D eigenvalue weighted by Gasteiger charge is -2.38. The number of likely N-dealkylation sites (tertiary alicyclic amines) is 1. The molecule has 4 N–H and O–H groups in total. The van der Waals surface area contributed by atoms with Gasteiger partial charge in [-0.25, -0.2) is 19.9 Å². The number of thiophene rings is 1. The predicted molar refractivity (Wildman–Crippen MR) is 230 cm³/mol. The van der Waals surface area contributed by atoms with Crippen LogP contribution in [-0.2, 0) is 35.7 Å². The van der Waals surface area contributed by atoms with Gasteiger partial charge in [0.2, 0.25) is 11.9 Å². The Kier molecular flexibility index (Phi) is 11.3. The number of rotatable bonds is 10. The minimum Gasteiger partial charge on any atom is -0.508 e. The Morgan fingerprint density at radius 2 is 1.65 bits per heavy atom. The van der Waals surface area contributed by atoms with Gasteiger partial charge in [-0.1, -0.05) is 32.0 Å². The van der Waals surface area contributed by atoms with Gasteiger partial charge in [0.05, 0.1) is 41.1 Å². The maximum Gasteiger partial charge on any atom is 0.258 e. The largest absolute Gasteiger partial charge is 0.508 e. The van der Waals surface area contributed by atoms with E-state index in [0.717, 1.165) is 97.2 Å². The summed E-state index contributed by atoms with van der Waals surface area (Å²) in [6.45, 7) is 13.9. The summed E-state index contributed by atoms with van der Waals surface area (Å²) in [5.74, 6) is 1.90. The molecule has 16 heteroatoms. The molecule has 60 heavy (non-hydrogen) atoms. The van der Waals surface area contributed by atoms with E-state index in [4.69, 9.17) is 20.4 Å². The fraction of sp³-hybridized carbons (Fsp3) is 0.455. The van der Waals surface area contributed by atoms with Crippen LogP contribution < -0.4 is 10.6 Å². The number of aromatic nitrogens is 4. The predicted octanol–water partition coefficient (Wildman–Crippen LogP) is 4.81. The van der Waals surface area contributed by atoms with Gasteiger partial charge in [0.1, 0.15) is 11.5 Å². The van der Waals surface area contributed by atoms with Crippen LogP contribution >= 0.6 is 11.3 Å². The molecular formula is C44H52N10O5S. The summed E-state index contributed by atoms with van der Waals surface area (Å²) < 4.78 is 6.66. The number of anilines is 2. The quantitative estimate of drug-likeness (QED) is 0.175. The van der Waals surface area contributed by atoms with Gasteiger partial charge in [-0.05, 0) is 72.2 Å². The third kappa shape index (κ3) is 8.46. The summed E-state index contributed by atoms with van der Waals surface area (Å²) in [6, 6.07) is 11.5. The fourth-order valence-electron chi connectivity index (χ4n) is 8.90. The highest BCUT2D eigenvalue weighted by Crippen LogP contribution is 2.37. The van der Waals surface area contributed by atoms with Gasteiger partial charge in [-0.2, -0.15) is 0 Å². The van der Waals surface area contributed by atoms with E-state index in [2.05, 4.69) is 53.8 Å². The Hall–Kier alpha value is -5.42. The Bertz CT molecular complexity index is 2390. The molecule has 4 aliphatic heterocycles. The zero-order valence-electron chi connectivity index (χ0n) is 34.2. The lowest BCUT2D eigenvalue weighted by atomic mass is 9.95. The molecule has 7 heterocycles. The first-order valence-electron chi connectivity index (χ1n) is 20.9. The Morgan fingerprint density at radius 1 is 0.883 bits per heavy atom. The second-order valence-electron chi connectivity index (χ2n) is 16.8. The van der Waals surface area contributed by atoms with Crippen LogP contribution in [-0.4, -0.2) is 127 Å². The van der Waals surface area contributed by atoms with Crippen molar-refractivity contribution in [3.05, 3.63) is 81.5 Å². The number of ether oxygens (including phenoxy) is 1. The molecule has 0 unspecified atom stereocenters. The van der Waals surface area contributed by atoms with Crippen molar-refractivity contribution < 1.29 is 24.5 Å². The number of phenols is 2. The minimum absolute atomic E-state index is 0.00196. The number of benzene rings is 2. The van der Waals surface area contributed by atoms with E-state index >= 15 is 0 Å². The fourth-order valence-corrected chi connectivity index (χ4v) is 10.1. The molecule has 3 saturated heterocycles. The van der Waals surface area contributed by atoms with Crippen LogP contribution in [0.3, 0.4) is 0 Å². The normalized spacial score (nSPS) is 18.2. The van der Waals surface area contributed by atoms with Crippen LogP contribution in [0.1, 0.15) is 70.1 Å². The zero-order chi connectivity index (χ0) is 41.5. The number of aromatic hydroxyl groups is 2. The van der Waals surface area contributed by atoms with Gasteiger partial charge in [-0.15, -0.1) is 11.3 Å². The number of fused-ring (bicyclic) bond motifs is 2. The number of carbonyl (C=O) groups excluding carboxylic acids is 2. The van der Waals surface area contributed by atoms with Gasteiger partial charge in [-0.3, -0.25) is 19.4 Å². The van der Waals surface area contributed by atoms with Crippen molar-refractivity contribution >= 4 is 45.1 Å². The first-order valence-corrected chi connectivity index (χ1v) is 21.8. The van der Waals surface area contributed by atoms with Gasteiger partial charge >= 0.3 is 0 Å². The Labute approximate surface area is 353 Å². The second kappa shape index (κ2) is 16.9. The number of carbonyl (C=O) groups is 2. The van der Waals surface area contributed by atoms with Crippen molar-refractivity contribution in [1.82, 2.24) is 39.5 Å². The van der Waals surface area contributed by atoms with Gasteiger partial charge in [0.15, 0.2) is 11.6 Å². The molecule has 3 fully saturated rings. The molecule has 0 spiro atoms. The molecule has 0 atom stereocenters. The summed E-state index contributed by atoms with van der Waals surface area (Å²) in [6.07, 6.45) is 5.41. The first-order chi connectivity index (χ1) is 29.0. The number of morpholine rings is 1. The van der Waals surface area contributed by atoms with Gasteiger partial charge < -0.3 is 35.4 Å². The van der Waals surface area contributed by atoms with Crippen molar-refractivity contribution in [2.75, 3.05) is 76.2 Å². The topological polar surface area (TPSA) is 178 Å². The van der Waals surface area contributed by atoms with Crippen LogP contribution in [0.2, 0.25) is 0 Å². The number of phenolic OH excluding ortho intramolecular Hbond substituents is 2. The van der Waals surface area contributed by atoms with Crippen molar-refractivity contribution in [3.8, 4) is 22.9 Å². The number of hydrogen-bond donors (Lipinski definition) is 3. The first kappa shape index (κ1) is 40.0. The van der Waals surface area contributed by atoms with Gasteiger partial charge in [0.25, 0.3) is 5.91 Å². The van der Waals surface area contributed by atoms with Crippen molar-refractivity contribution in [2.24, 2.45) is 5.92 Å². The van der Waals surface area contributed by atoms with E-state index in [0.29, 0.717) is 62.3 Å². The molecule has 314 valence electrons. The van der Waals surface area contributed by atoms with E-state index in [-0.39, 0.29) is 40.7 Å². The third-order valence-corrected chi connectivity index (χ3v) is 13.4. The second-order valence-corrected chi connectivity index (χ2v) is 18.0. The molecule has 9 rings (SSSR count). The maximum absolute atomic E-state index is 13.5. The van der Waals surface area contributed by atoms with Crippen molar-refractivity contribution in [2.45, 2.75) is 58.8 Å².